The van der Waals surface area contributed by atoms with E-state index in [1.165, 1.54) is 11.3 Å². The standard InChI is InChI=1S/C15H17Cl2NO2S/c1-10(14-5-6-15(17)21-14)18-8-12(19)9-20-13-4-2-3-11(16)7-13/h2-7,10,12,18-19H,8-9H2,1H3. The van der Waals surface area contributed by atoms with Gasteiger partial charge in [-0.3, -0.25) is 0 Å². The first-order valence-corrected chi connectivity index (χ1v) is 8.17. The summed E-state index contributed by atoms with van der Waals surface area (Å²) in [6, 6.07) is 11.1. The molecule has 0 aliphatic carbocycles. The van der Waals surface area contributed by atoms with Gasteiger partial charge in [0.15, 0.2) is 0 Å². The van der Waals surface area contributed by atoms with Crippen LogP contribution >= 0.6 is 34.5 Å². The Morgan fingerprint density at radius 1 is 1.29 bits per heavy atom. The van der Waals surface area contributed by atoms with Crippen molar-refractivity contribution >= 4 is 34.5 Å². The third kappa shape index (κ3) is 5.49. The summed E-state index contributed by atoms with van der Waals surface area (Å²) < 4.78 is 6.26. The fourth-order valence-corrected chi connectivity index (χ4v) is 3.05. The average Bonchev–Trinajstić information content (AvgIpc) is 2.89. The number of benzene rings is 1. The normalized spacial score (nSPS) is 13.9. The molecule has 114 valence electrons. The van der Waals surface area contributed by atoms with Gasteiger partial charge in [-0.05, 0) is 37.3 Å². The van der Waals surface area contributed by atoms with Gasteiger partial charge in [-0.25, -0.2) is 0 Å². The predicted molar refractivity (Wildman–Crippen MR) is 88.7 cm³/mol. The summed E-state index contributed by atoms with van der Waals surface area (Å²) in [5.74, 6) is 0.652. The minimum Gasteiger partial charge on any atom is -0.491 e. The van der Waals surface area contributed by atoms with Crippen LogP contribution in [0.4, 0.5) is 0 Å². The highest BCUT2D eigenvalue weighted by Crippen LogP contribution is 2.26. The molecule has 2 aromatic rings. The van der Waals surface area contributed by atoms with Gasteiger partial charge in [0.05, 0.1) is 4.34 Å². The van der Waals surface area contributed by atoms with Crippen LogP contribution in [-0.4, -0.2) is 24.4 Å². The van der Waals surface area contributed by atoms with Crippen LogP contribution in [0.3, 0.4) is 0 Å². The number of hydrogen-bond donors (Lipinski definition) is 2. The minimum atomic E-state index is -0.595. The van der Waals surface area contributed by atoms with Crippen molar-refractivity contribution in [2.75, 3.05) is 13.2 Å². The third-order valence-electron chi connectivity index (χ3n) is 2.92. The molecule has 21 heavy (non-hydrogen) atoms. The van der Waals surface area contributed by atoms with Crippen molar-refractivity contribution < 1.29 is 9.84 Å². The fourth-order valence-electron chi connectivity index (χ4n) is 1.78. The highest BCUT2D eigenvalue weighted by atomic mass is 35.5. The van der Waals surface area contributed by atoms with Gasteiger partial charge in [0.1, 0.15) is 18.5 Å². The maximum Gasteiger partial charge on any atom is 0.120 e. The lowest BCUT2D eigenvalue weighted by atomic mass is 10.2. The van der Waals surface area contributed by atoms with Gasteiger partial charge >= 0.3 is 0 Å². The van der Waals surface area contributed by atoms with Crippen LogP contribution in [0.15, 0.2) is 36.4 Å². The predicted octanol–water partition coefficient (Wildman–Crippen LogP) is 4.15. The Bertz CT molecular complexity index is 576. The van der Waals surface area contributed by atoms with Crippen molar-refractivity contribution in [2.24, 2.45) is 0 Å². The number of aliphatic hydroxyl groups is 1. The van der Waals surface area contributed by atoms with Gasteiger partial charge in [-0.15, -0.1) is 11.3 Å². The molecule has 0 spiro atoms. The maximum absolute atomic E-state index is 9.94. The zero-order valence-electron chi connectivity index (χ0n) is 11.6. The summed E-state index contributed by atoms with van der Waals surface area (Å²) in [7, 11) is 0. The molecule has 2 atom stereocenters. The summed E-state index contributed by atoms with van der Waals surface area (Å²) in [6.45, 7) is 2.69. The number of halogens is 2. The lowest BCUT2D eigenvalue weighted by molar-refractivity contribution is 0.104. The Balaban J connectivity index is 1.73. The molecule has 0 aliphatic heterocycles. The van der Waals surface area contributed by atoms with Crippen LogP contribution in [0.5, 0.6) is 5.75 Å². The largest absolute Gasteiger partial charge is 0.491 e. The SMILES string of the molecule is CC(NCC(O)COc1cccc(Cl)c1)c1ccc(Cl)s1. The molecule has 2 unspecified atom stereocenters. The van der Waals surface area contributed by atoms with E-state index < -0.39 is 6.10 Å². The average molecular weight is 346 g/mol. The first-order valence-electron chi connectivity index (χ1n) is 6.59. The van der Waals surface area contributed by atoms with E-state index in [4.69, 9.17) is 27.9 Å². The highest BCUT2D eigenvalue weighted by Gasteiger charge is 2.11. The second kappa shape index (κ2) is 8.01. The molecule has 0 fully saturated rings. The van der Waals surface area contributed by atoms with Crippen LogP contribution in [0.25, 0.3) is 0 Å². The molecule has 1 aromatic heterocycles. The fraction of sp³-hybridized carbons (Fsp3) is 0.333. The van der Waals surface area contributed by atoms with Gasteiger partial charge in [0, 0.05) is 22.5 Å². The van der Waals surface area contributed by atoms with Crippen LogP contribution in [0.1, 0.15) is 17.8 Å². The number of hydrogen-bond acceptors (Lipinski definition) is 4. The van der Waals surface area contributed by atoms with E-state index in [1.807, 2.05) is 31.2 Å². The third-order valence-corrected chi connectivity index (χ3v) is 4.57. The molecule has 6 heteroatoms. The van der Waals surface area contributed by atoms with Gasteiger partial charge in [0.2, 0.25) is 0 Å². The molecule has 2 N–H and O–H groups in total. The van der Waals surface area contributed by atoms with Gasteiger partial charge in [0.25, 0.3) is 0 Å². The zero-order valence-corrected chi connectivity index (χ0v) is 13.9. The van der Waals surface area contributed by atoms with Gasteiger partial charge < -0.3 is 15.2 Å². The quantitative estimate of drug-likeness (QED) is 0.792. The van der Waals surface area contributed by atoms with Crippen LogP contribution in [0, 0.1) is 0 Å². The maximum atomic E-state index is 9.94. The Morgan fingerprint density at radius 2 is 2.10 bits per heavy atom. The lowest BCUT2D eigenvalue weighted by Gasteiger charge is -2.16. The molecule has 3 nitrogen and oxygen atoms in total. The molecule has 0 bridgehead atoms. The summed E-state index contributed by atoms with van der Waals surface area (Å²) in [5, 5.41) is 13.8. The molecule has 0 saturated carbocycles. The number of nitrogens with one attached hydrogen (secondary N) is 1. The van der Waals surface area contributed by atoms with Crippen molar-refractivity contribution in [1.29, 1.82) is 0 Å². The summed E-state index contributed by atoms with van der Waals surface area (Å²) in [5.41, 5.74) is 0. The van der Waals surface area contributed by atoms with Crippen molar-refractivity contribution in [2.45, 2.75) is 19.1 Å². The molecule has 0 aliphatic rings. The molecule has 1 aromatic carbocycles. The van der Waals surface area contributed by atoms with Crippen LogP contribution in [0.2, 0.25) is 9.36 Å². The van der Waals surface area contributed by atoms with E-state index in [2.05, 4.69) is 5.32 Å². The monoisotopic (exact) mass is 345 g/mol. The van der Waals surface area contributed by atoms with E-state index in [9.17, 15) is 5.11 Å². The Labute approximate surface area is 138 Å². The Morgan fingerprint density at radius 3 is 2.76 bits per heavy atom. The molecular weight excluding hydrogens is 329 g/mol. The zero-order chi connectivity index (χ0) is 15.2. The van der Waals surface area contributed by atoms with Gasteiger partial charge in [-0.1, -0.05) is 29.3 Å². The van der Waals surface area contributed by atoms with Crippen molar-refractivity contribution in [3.05, 3.63) is 50.6 Å². The molecule has 1 heterocycles. The molecule has 2 rings (SSSR count). The van der Waals surface area contributed by atoms with E-state index in [1.54, 1.807) is 12.1 Å². The van der Waals surface area contributed by atoms with E-state index in [0.29, 0.717) is 17.3 Å². The minimum absolute atomic E-state index is 0.142. The van der Waals surface area contributed by atoms with Crippen LogP contribution in [-0.2, 0) is 0 Å². The van der Waals surface area contributed by atoms with E-state index >= 15 is 0 Å². The Hall–Kier alpha value is -0.780. The van der Waals surface area contributed by atoms with Gasteiger partial charge in [-0.2, -0.15) is 0 Å². The summed E-state index contributed by atoms with van der Waals surface area (Å²) in [4.78, 5) is 1.14. The molecular formula is C15H17Cl2NO2S. The number of thiophene rings is 1. The summed E-state index contributed by atoms with van der Waals surface area (Å²) in [6.07, 6.45) is -0.595. The van der Waals surface area contributed by atoms with Crippen LogP contribution < -0.4 is 10.1 Å². The number of rotatable bonds is 7. The van der Waals surface area contributed by atoms with Crippen molar-refractivity contribution in [3.63, 3.8) is 0 Å². The second-order valence-electron chi connectivity index (χ2n) is 4.69. The number of ether oxygens (including phenoxy) is 1. The second-order valence-corrected chi connectivity index (χ2v) is 6.88. The Kier molecular flexibility index (Phi) is 6.33. The first kappa shape index (κ1) is 16.6. The molecule has 0 radical (unpaired) electrons. The lowest BCUT2D eigenvalue weighted by Crippen LogP contribution is -2.32. The topological polar surface area (TPSA) is 41.5 Å². The highest BCUT2D eigenvalue weighted by molar-refractivity contribution is 7.16. The first-order chi connectivity index (χ1) is 10.0. The van der Waals surface area contributed by atoms with Crippen molar-refractivity contribution in [1.82, 2.24) is 5.32 Å². The van der Waals surface area contributed by atoms with Crippen molar-refractivity contribution in [3.8, 4) is 5.75 Å². The molecule has 0 amide bonds. The summed E-state index contributed by atoms with van der Waals surface area (Å²) >= 11 is 13.3. The van der Waals surface area contributed by atoms with E-state index in [0.717, 1.165) is 9.21 Å². The smallest absolute Gasteiger partial charge is 0.120 e. The van der Waals surface area contributed by atoms with E-state index in [-0.39, 0.29) is 12.6 Å². The molecule has 0 saturated heterocycles. The number of aliphatic hydroxyl groups excluding tert-OH is 1.